The zero-order valence-corrected chi connectivity index (χ0v) is 10.9. The van der Waals surface area contributed by atoms with Crippen LogP contribution in [-0.2, 0) is 20.7 Å². The minimum absolute atomic E-state index is 0.132. The number of methoxy groups -OCH3 is 2. The minimum Gasteiger partial charge on any atom is -0.495 e. The molecule has 0 atom stereocenters. The van der Waals surface area contributed by atoms with Crippen LogP contribution in [0.5, 0.6) is 5.75 Å². The van der Waals surface area contributed by atoms with Gasteiger partial charge in [0, 0.05) is 0 Å². The molecule has 5 nitrogen and oxygen atoms in total. The van der Waals surface area contributed by atoms with Crippen LogP contribution in [0.25, 0.3) is 0 Å². The number of amides is 1. The van der Waals surface area contributed by atoms with Crippen LogP contribution in [0.15, 0.2) is 18.2 Å². The summed E-state index contributed by atoms with van der Waals surface area (Å²) in [5.74, 6) is -0.326. The lowest BCUT2D eigenvalue weighted by atomic mass is 10.1. The topological polar surface area (TPSA) is 64.6 Å². The molecule has 0 fully saturated rings. The Morgan fingerprint density at radius 1 is 1.33 bits per heavy atom. The first kappa shape index (κ1) is 14.3. The second kappa shape index (κ2) is 6.86. The van der Waals surface area contributed by atoms with Gasteiger partial charge >= 0.3 is 5.97 Å². The van der Waals surface area contributed by atoms with Crippen molar-refractivity contribution < 1.29 is 19.1 Å². The van der Waals surface area contributed by atoms with Crippen molar-refractivity contribution in [2.24, 2.45) is 0 Å². The molecule has 98 valence electrons. The molecule has 0 aliphatic carbocycles. The highest BCUT2D eigenvalue weighted by atomic mass is 35.5. The summed E-state index contributed by atoms with van der Waals surface area (Å²) in [7, 11) is 2.81. The summed E-state index contributed by atoms with van der Waals surface area (Å²) in [6, 6.07) is 5.03. The number of alkyl halides is 1. The summed E-state index contributed by atoms with van der Waals surface area (Å²) in [4.78, 5) is 22.3. The smallest absolute Gasteiger partial charge is 0.309 e. The zero-order valence-electron chi connectivity index (χ0n) is 10.2. The third-order valence-electron chi connectivity index (χ3n) is 2.24. The number of ether oxygens (including phenoxy) is 2. The standard InChI is InChI=1S/C12H14ClNO4/c1-17-10-5-8(6-12(16)18-2)3-4-9(10)14-11(15)7-13/h3-5H,6-7H2,1-2H3,(H,14,15). The Morgan fingerprint density at radius 3 is 2.61 bits per heavy atom. The number of anilines is 1. The van der Waals surface area contributed by atoms with Crippen molar-refractivity contribution in [3.8, 4) is 5.75 Å². The van der Waals surface area contributed by atoms with Gasteiger partial charge in [-0.1, -0.05) is 6.07 Å². The lowest BCUT2D eigenvalue weighted by Gasteiger charge is -2.10. The van der Waals surface area contributed by atoms with Crippen LogP contribution >= 0.6 is 11.6 Å². The predicted octanol–water partition coefficient (Wildman–Crippen LogP) is 1.59. The van der Waals surface area contributed by atoms with E-state index in [0.29, 0.717) is 11.4 Å². The molecule has 1 amide bonds. The molecule has 0 spiro atoms. The molecule has 0 saturated heterocycles. The predicted molar refractivity (Wildman–Crippen MR) is 68.1 cm³/mol. The summed E-state index contributed by atoms with van der Waals surface area (Å²) >= 11 is 5.40. The third-order valence-corrected chi connectivity index (χ3v) is 2.48. The molecule has 1 rings (SSSR count). The molecular formula is C12H14ClNO4. The molecule has 0 saturated carbocycles. The molecule has 0 bridgehead atoms. The fraction of sp³-hybridized carbons (Fsp3) is 0.333. The van der Waals surface area contributed by atoms with Gasteiger partial charge in [0.1, 0.15) is 11.6 Å². The average Bonchev–Trinajstić information content (AvgIpc) is 2.39. The number of esters is 1. The van der Waals surface area contributed by atoms with Gasteiger partial charge in [-0.2, -0.15) is 0 Å². The van der Waals surface area contributed by atoms with Crippen molar-refractivity contribution in [1.29, 1.82) is 0 Å². The van der Waals surface area contributed by atoms with E-state index >= 15 is 0 Å². The molecule has 0 heterocycles. The Hall–Kier alpha value is -1.75. The Kier molecular flexibility index (Phi) is 5.45. The lowest BCUT2D eigenvalue weighted by Crippen LogP contribution is -2.13. The number of carbonyl (C=O) groups is 2. The highest BCUT2D eigenvalue weighted by Gasteiger charge is 2.09. The van der Waals surface area contributed by atoms with Crippen molar-refractivity contribution in [1.82, 2.24) is 0 Å². The van der Waals surface area contributed by atoms with Gasteiger partial charge in [-0.15, -0.1) is 11.6 Å². The highest BCUT2D eigenvalue weighted by molar-refractivity contribution is 6.29. The molecule has 1 N–H and O–H groups in total. The average molecular weight is 272 g/mol. The maximum atomic E-state index is 11.2. The van der Waals surface area contributed by atoms with Crippen LogP contribution in [0.2, 0.25) is 0 Å². The van der Waals surface area contributed by atoms with Gasteiger partial charge in [-0.25, -0.2) is 0 Å². The molecule has 1 aromatic carbocycles. The largest absolute Gasteiger partial charge is 0.495 e. The molecule has 0 radical (unpaired) electrons. The van der Waals surface area contributed by atoms with Gasteiger partial charge in [0.05, 0.1) is 26.3 Å². The Morgan fingerprint density at radius 2 is 2.06 bits per heavy atom. The molecule has 18 heavy (non-hydrogen) atoms. The van der Waals surface area contributed by atoms with Gasteiger partial charge in [0.25, 0.3) is 0 Å². The van der Waals surface area contributed by atoms with Crippen LogP contribution in [0.4, 0.5) is 5.69 Å². The number of hydrogen-bond donors (Lipinski definition) is 1. The van der Waals surface area contributed by atoms with Gasteiger partial charge in [0.15, 0.2) is 0 Å². The van der Waals surface area contributed by atoms with Gasteiger partial charge < -0.3 is 14.8 Å². The van der Waals surface area contributed by atoms with E-state index in [0.717, 1.165) is 5.56 Å². The van der Waals surface area contributed by atoms with E-state index in [1.165, 1.54) is 14.2 Å². The fourth-order valence-corrected chi connectivity index (χ4v) is 1.44. The summed E-state index contributed by atoms with van der Waals surface area (Å²) in [5.41, 5.74) is 1.25. The van der Waals surface area contributed by atoms with E-state index in [-0.39, 0.29) is 24.2 Å². The minimum atomic E-state index is -0.338. The van der Waals surface area contributed by atoms with Crippen LogP contribution in [0.3, 0.4) is 0 Å². The monoisotopic (exact) mass is 271 g/mol. The molecular weight excluding hydrogens is 258 g/mol. The first-order valence-electron chi connectivity index (χ1n) is 5.20. The molecule has 0 aromatic heterocycles. The number of halogens is 1. The highest BCUT2D eigenvalue weighted by Crippen LogP contribution is 2.25. The summed E-state index contributed by atoms with van der Waals surface area (Å²) in [5, 5.41) is 2.59. The summed E-state index contributed by atoms with van der Waals surface area (Å²) in [6.45, 7) is 0. The summed E-state index contributed by atoms with van der Waals surface area (Å²) in [6.07, 6.45) is 0.149. The number of benzene rings is 1. The van der Waals surface area contributed by atoms with Crippen molar-refractivity contribution in [2.45, 2.75) is 6.42 Å². The third kappa shape index (κ3) is 3.92. The maximum Gasteiger partial charge on any atom is 0.309 e. The fourth-order valence-electron chi connectivity index (χ4n) is 1.37. The van der Waals surface area contributed by atoms with Crippen molar-refractivity contribution in [2.75, 3.05) is 25.4 Å². The Balaban J connectivity index is 2.89. The molecule has 0 unspecified atom stereocenters. The SMILES string of the molecule is COC(=O)Cc1ccc(NC(=O)CCl)c(OC)c1. The van der Waals surface area contributed by atoms with Crippen LogP contribution < -0.4 is 10.1 Å². The van der Waals surface area contributed by atoms with Crippen molar-refractivity contribution in [3.05, 3.63) is 23.8 Å². The van der Waals surface area contributed by atoms with Crippen LogP contribution in [-0.4, -0.2) is 32.0 Å². The van der Waals surface area contributed by atoms with E-state index in [9.17, 15) is 9.59 Å². The first-order chi connectivity index (χ1) is 8.60. The number of nitrogens with one attached hydrogen (secondary N) is 1. The van der Waals surface area contributed by atoms with Crippen LogP contribution in [0.1, 0.15) is 5.56 Å². The van der Waals surface area contributed by atoms with Gasteiger partial charge in [-0.3, -0.25) is 9.59 Å². The number of hydrogen-bond acceptors (Lipinski definition) is 4. The summed E-state index contributed by atoms with van der Waals surface area (Å²) < 4.78 is 9.71. The van der Waals surface area contributed by atoms with E-state index in [1.54, 1.807) is 18.2 Å². The molecule has 0 aliphatic heterocycles. The number of carbonyl (C=O) groups excluding carboxylic acids is 2. The Labute approximate surface area is 110 Å². The quantitative estimate of drug-likeness (QED) is 0.652. The van der Waals surface area contributed by atoms with Crippen molar-refractivity contribution in [3.63, 3.8) is 0 Å². The second-order valence-corrected chi connectivity index (χ2v) is 3.74. The van der Waals surface area contributed by atoms with Crippen LogP contribution in [0, 0.1) is 0 Å². The molecule has 0 aliphatic rings. The van der Waals surface area contributed by atoms with Crippen molar-refractivity contribution >= 4 is 29.2 Å². The lowest BCUT2D eigenvalue weighted by molar-refractivity contribution is -0.139. The van der Waals surface area contributed by atoms with E-state index in [2.05, 4.69) is 10.1 Å². The van der Waals surface area contributed by atoms with Gasteiger partial charge in [-0.05, 0) is 17.7 Å². The first-order valence-corrected chi connectivity index (χ1v) is 5.73. The van der Waals surface area contributed by atoms with Gasteiger partial charge in [0.2, 0.25) is 5.91 Å². The molecule has 1 aromatic rings. The Bertz CT molecular complexity index is 448. The maximum absolute atomic E-state index is 11.2. The normalized spacial score (nSPS) is 9.72. The van der Waals surface area contributed by atoms with E-state index in [4.69, 9.17) is 16.3 Å². The molecule has 6 heteroatoms. The second-order valence-electron chi connectivity index (χ2n) is 3.47. The zero-order chi connectivity index (χ0) is 13.5. The van der Waals surface area contributed by atoms with E-state index in [1.807, 2.05) is 0 Å². The number of rotatable bonds is 5. The van der Waals surface area contributed by atoms with E-state index < -0.39 is 0 Å².